The Labute approximate surface area is 198 Å². The van der Waals surface area contributed by atoms with Gasteiger partial charge in [0.25, 0.3) is 0 Å². The molecular formula is C24H28ClN5OS. The molecule has 1 aliphatic heterocycles. The first-order valence-corrected chi connectivity index (χ1v) is 12.1. The lowest BCUT2D eigenvalue weighted by molar-refractivity contribution is -0.115. The summed E-state index contributed by atoms with van der Waals surface area (Å²) in [4.78, 5) is 15.3. The molecule has 2 heterocycles. The minimum absolute atomic E-state index is 0.0681. The molecule has 1 N–H and O–H groups in total. The van der Waals surface area contributed by atoms with Gasteiger partial charge in [0.2, 0.25) is 11.9 Å². The quantitative estimate of drug-likeness (QED) is 0.478. The van der Waals surface area contributed by atoms with E-state index in [1.54, 1.807) is 0 Å². The number of aromatic nitrogens is 3. The third-order valence-electron chi connectivity index (χ3n) is 5.68. The summed E-state index contributed by atoms with van der Waals surface area (Å²) in [5.74, 6) is 0.706. The molecule has 0 unspecified atom stereocenters. The van der Waals surface area contributed by atoms with Crippen LogP contribution in [0.3, 0.4) is 0 Å². The molecule has 0 radical (unpaired) electrons. The molecule has 32 heavy (non-hydrogen) atoms. The number of aryl methyl sites for hydroxylation is 3. The second kappa shape index (κ2) is 9.55. The zero-order chi connectivity index (χ0) is 22.8. The largest absolute Gasteiger partial charge is 0.341 e. The lowest BCUT2D eigenvalue weighted by Crippen LogP contribution is -2.24. The molecule has 168 valence electrons. The smallest absolute Gasteiger partial charge is 0.237 e. The number of nitrogens with zero attached hydrogens (tertiary/aromatic N) is 4. The van der Waals surface area contributed by atoms with Gasteiger partial charge in [-0.2, -0.15) is 0 Å². The fraction of sp³-hybridized carbons (Fsp3) is 0.375. The van der Waals surface area contributed by atoms with E-state index in [1.807, 2.05) is 49.6 Å². The molecule has 0 aliphatic carbocycles. The number of para-hydroxylation sites is 1. The molecule has 1 saturated heterocycles. The van der Waals surface area contributed by atoms with Crippen LogP contribution in [0, 0.1) is 20.8 Å². The van der Waals surface area contributed by atoms with Crippen molar-refractivity contribution >= 4 is 40.9 Å². The Balaban J connectivity index is 1.61. The maximum atomic E-state index is 13.1. The second-order valence-corrected chi connectivity index (χ2v) is 10.0. The fourth-order valence-corrected chi connectivity index (χ4v) is 5.19. The van der Waals surface area contributed by atoms with Crippen molar-refractivity contribution in [2.24, 2.45) is 0 Å². The van der Waals surface area contributed by atoms with Gasteiger partial charge >= 0.3 is 0 Å². The summed E-state index contributed by atoms with van der Waals surface area (Å²) in [5, 5.41) is 12.9. The van der Waals surface area contributed by atoms with Crippen LogP contribution < -0.4 is 10.2 Å². The Hall–Kier alpha value is -2.51. The Morgan fingerprint density at radius 1 is 1.09 bits per heavy atom. The van der Waals surface area contributed by atoms with Crippen molar-refractivity contribution in [1.82, 2.24) is 14.8 Å². The van der Waals surface area contributed by atoms with Crippen LogP contribution in [0.25, 0.3) is 5.69 Å². The number of hydrogen-bond donors (Lipinski definition) is 1. The van der Waals surface area contributed by atoms with Gasteiger partial charge in [0.15, 0.2) is 5.16 Å². The number of halogens is 1. The number of hydrogen-bond acceptors (Lipinski definition) is 5. The van der Waals surface area contributed by atoms with Crippen molar-refractivity contribution in [2.75, 3.05) is 23.3 Å². The number of rotatable bonds is 6. The number of benzene rings is 2. The molecule has 4 rings (SSSR count). The zero-order valence-corrected chi connectivity index (χ0v) is 20.4. The van der Waals surface area contributed by atoms with Gasteiger partial charge in [0.1, 0.15) is 0 Å². The summed E-state index contributed by atoms with van der Waals surface area (Å²) in [6.07, 6.45) is 2.26. The summed E-state index contributed by atoms with van der Waals surface area (Å²) in [7, 11) is 0. The molecule has 0 spiro atoms. The van der Waals surface area contributed by atoms with Crippen molar-refractivity contribution in [1.29, 1.82) is 0 Å². The Kier molecular flexibility index (Phi) is 6.76. The number of anilines is 2. The van der Waals surface area contributed by atoms with Gasteiger partial charge in [0, 0.05) is 18.8 Å². The van der Waals surface area contributed by atoms with E-state index in [4.69, 9.17) is 11.6 Å². The fourth-order valence-electron chi connectivity index (χ4n) is 4.12. The second-order valence-electron chi connectivity index (χ2n) is 8.29. The van der Waals surface area contributed by atoms with Crippen LogP contribution >= 0.6 is 23.4 Å². The highest BCUT2D eigenvalue weighted by Crippen LogP contribution is 2.34. The number of carbonyl (C=O) groups is 1. The molecule has 0 saturated carbocycles. The molecule has 2 aromatic carbocycles. The maximum Gasteiger partial charge on any atom is 0.237 e. The first-order valence-electron chi connectivity index (χ1n) is 10.9. The van der Waals surface area contributed by atoms with Crippen LogP contribution in [0.5, 0.6) is 0 Å². The van der Waals surface area contributed by atoms with Crippen LogP contribution in [0.4, 0.5) is 11.6 Å². The van der Waals surface area contributed by atoms with Crippen molar-refractivity contribution in [2.45, 2.75) is 50.9 Å². The van der Waals surface area contributed by atoms with Gasteiger partial charge in [-0.05, 0) is 63.8 Å². The normalized spacial score (nSPS) is 14.6. The number of amides is 1. The molecule has 1 amide bonds. The maximum absolute atomic E-state index is 13.1. The minimum Gasteiger partial charge on any atom is -0.341 e. The highest BCUT2D eigenvalue weighted by atomic mass is 35.5. The van der Waals surface area contributed by atoms with E-state index >= 15 is 0 Å². The van der Waals surface area contributed by atoms with Crippen molar-refractivity contribution in [3.05, 3.63) is 58.1 Å². The average Bonchev–Trinajstić information content (AvgIpc) is 3.41. The van der Waals surface area contributed by atoms with E-state index in [0.717, 1.165) is 54.4 Å². The van der Waals surface area contributed by atoms with E-state index in [2.05, 4.69) is 39.5 Å². The number of carbonyl (C=O) groups excluding carboxylic acids is 1. The predicted molar refractivity (Wildman–Crippen MR) is 132 cm³/mol. The molecule has 1 fully saturated rings. The van der Waals surface area contributed by atoms with Crippen molar-refractivity contribution in [3.63, 3.8) is 0 Å². The lowest BCUT2D eigenvalue weighted by Gasteiger charge is -2.20. The van der Waals surface area contributed by atoms with Crippen LogP contribution in [0.15, 0.2) is 41.6 Å². The standard InChI is InChI=1S/C24H28ClN5OS/c1-15-13-16(2)21(17(3)14-15)26-22(31)18(4)32-24-28-27-23(29-11-7-8-12-29)30(24)20-10-6-5-9-19(20)25/h5-6,9-10,13-14,18H,7-8,11-12H2,1-4H3,(H,26,31)/t18-/m0/s1. The van der Waals surface area contributed by atoms with Crippen LogP contribution in [0.2, 0.25) is 5.02 Å². The third-order valence-corrected chi connectivity index (χ3v) is 7.04. The Morgan fingerprint density at radius 2 is 1.75 bits per heavy atom. The van der Waals surface area contributed by atoms with Crippen LogP contribution in [-0.2, 0) is 4.79 Å². The summed E-state index contributed by atoms with van der Waals surface area (Å²) in [6.45, 7) is 9.86. The van der Waals surface area contributed by atoms with Gasteiger partial charge in [-0.1, -0.05) is 53.2 Å². The van der Waals surface area contributed by atoms with Gasteiger partial charge in [-0.15, -0.1) is 10.2 Å². The third kappa shape index (κ3) is 4.64. The zero-order valence-electron chi connectivity index (χ0n) is 18.9. The monoisotopic (exact) mass is 469 g/mol. The van der Waals surface area contributed by atoms with E-state index in [9.17, 15) is 4.79 Å². The van der Waals surface area contributed by atoms with Crippen molar-refractivity contribution in [3.8, 4) is 5.69 Å². The van der Waals surface area contributed by atoms with Gasteiger partial charge < -0.3 is 10.2 Å². The predicted octanol–water partition coefficient (Wildman–Crippen LogP) is 5.57. The first-order chi connectivity index (χ1) is 15.3. The molecule has 6 nitrogen and oxygen atoms in total. The molecule has 0 bridgehead atoms. The molecular weight excluding hydrogens is 442 g/mol. The molecule has 1 atom stereocenters. The average molecular weight is 470 g/mol. The number of thioether (sulfide) groups is 1. The summed E-state index contributed by atoms with van der Waals surface area (Å²) in [6, 6.07) is 11.8. The van der Waals surface area contributed by atoms with Gasteiger partial charge in [-0.25, -0.2) is 0 Å². The SMILES string of the molecule is Cc1cc(C)c(NC(=O)[C@H](C)Sc2nnc(N3CCCC3)n2-c2ccccc2Cl)c(C)c1. The molecule has 8 heteroatoms. The summed E-state index contributed by atoms with van der Waals surface area (Å²) >= 11 is 7.92. The Morgan fingerprint density at radius 3 is 2.41 bits per heavy atom. The molecule has 1 aliphatic rings. The molecule has 1 aromatic heterocycles. The van der Waals surface area contributed by atoms with Crippen LogP contribution in [0.1, 0.15) is 36.5 Å². The van der Waals surface area contributed by atoms with E-state index in [1.165, 1.54) is 17.3 Å². The van der Waals surface area contributed by atoms with E-state index < -0.39 is 0 Å². The highest BCUT2D eigenvalue weighted by molar-refractivity contribution is 8.00. The van der Waals surface area contributed by atoms with E-state index in [-0.39, 0.29) is 11.2 Å². The van der Waals surface area contributed by atoms with Crippen LogP contribution in [-0.4, -0.2) is 39.0 Å². The van der Waals surface area contributed by atoms with Gasteiger partial charge in [-0.3, -0.25) is 9.36 Å². The lowest BCUT2D eigenvalue weighted by atomic mass is 10.1. The molecule has 3 aromatic rings. The first kappa shape index (κ1) is 22.7. The Bertz CT molecular complexity index is 1120. The summed E-state index contributed by atoms with van der Waals surface area (Å²) in [5.41, 5.74) is 5.00. The number of nitrogens with one attached hydrogen (secondary N) is 1. The summed E-state index contributed by atoms with van der Waals surface area (Å²) < 4.78 is 1.98. The van der Waals surface area contributed by atoms with Gasteiger partial charge in [0.05, 0.1) is 16.0 Å². The minimum atomic E-state index is -0.369. The highest BCUT2D eigenvalue weighted by Gasteiger charge is 2.26. The topological polar surface area (TPSA) is 63.1 Å². The van der Waals surface area contributed by atoms with E-state index in [0.29, 0.717) is 10.2 Å². The van der Waals surface area contributed by atoms with Crippen molar-refractivity contribution < 1.29 is 4.79 Å².